The summed E-state index contributed by atoms with van der Waals surface area (Å²) in [5, 5.41) is 0. The first-order valence-corrected chi connectivity index (χ1v) is 4.91. The van der Waals surface area contributed by atoms with Crippen molar-refractivity contribution in [2.75, 3.05) is 6.54 Å². The van der Waals surface area contributed by atoms with Crippen molar-refractivity contribution in [1.82, 2.24) is 0 Å². The molecule has 1 rings (SSSR count). The summed E-state index contributed by atoms with van der Waals surface area (Å²) in [5.41, 5.74) is 2.90. The van der Waals surface area contributed by atoms with Gasteiger partial charge < -0.3 is 5.73 Å². The van der Waals surface area contributed by atoms with Crippen molar-refractivity contribution >= 4 is 0 Å². The molecule has 7 heteroatoms. The fourth-order valence-corrected chi connectivity index (χ4v) is 2.00. The quantitative estimate of drug-likeness (QED) is 0.764. The molecule has 0 spiro atoms. The lowest BCUT2D eigenvalue weighted by molar-refractivity contribution is -0.228. The summed E-state index contributed by atoms with van der Waals surface area (Å²) in [7, 11) is 0. The maximum absolute atomic E-state index is 13.3. The molecule has 0 unspecified atom stereocenters. The van der Waals surface area contributed by atoms with Gasteiger partial charge in [0, 0.05) is 19.4 Å². The topological polar surface area (TPSA) is 26.0 Å². The molecule has 0 aromatic heterocycles. The number of nitrogens with two attached hydrogens (primary N) is 1. The molecule has 0 heterocycles. The van der Waals surface area contributed by atoms with Crippen LogP contribution >= 0.6 is 0 Å². The SMILES string of the molecule is NCC1(C(F)(F)C(F)F)CCC(F)(F)CC1. The van der Waals surface area contributed by atoms with Gasteiger partial charge in [-0.25, -0.2) is 17.6 Å². The Balaban J connectivity index is 2.89. The van der Waals surface area contributed by atoms with Crippen molar-refractivity contribution in [3.8, 4) is 0 Å². The zero-order valence-electron chi connectivity index (χ0n) is 8.46. The molecule has 0 aliphatic heterocycles. The molecule has 1 aliphatic rings. The van der Waals surface area contributed by atoms with E-state index in [0.717, 1.165) is 0 Å². The lowest BCUT2D eigenvalue weighted by Crippen LogP contribution is -2.54. The fourth-order valence-electron chi connectivity index (χ4n) is 2.00. The zero-order valence-corrected chi connectivity index (χ0v) is 8.46. The lowest BCUT2D eigenvalue weighted by atomic mass is 9.68. The predicted octanol–water partition coefficient (Wildman–Crippen LogP) is 3.04. The van der Waals surface area contributed by atoms with Crippen molar-refractivity contribution in [3.63, 3.8) is 0 Å². The van der Waals surface area contributed by atoms with Gasteiger partial charge in [0.05, 0.1) is 5.41 Å². The Bertz CT molecular complexity index is 242. The summed E-state index contributed by atoms with van der Waals surface area (Å²) in [6.45, 7) is -0.708. The molecule has 0 aromatic carbocycles. The normalized spacial score (nSPS) is 24.8. The van der Waals surface area contributed by atoms with Crippen LogP contribution in [-0.4, -0.2) is 24.8 Å². The standard InChI is InChI=1S/C9H13F6N/c10-6(11)9(14,15)7(5-16)1-3-8(12,13)4-2-7/h6H,1-5,16H2. The van der Waals surface area contributed by atoms with Crippen molar-refractivity contribution in [2.45, 2.75) is 44.0 Å². The highest BCUT2D eigenvalue weighted by molar-refractivity contribution is 4.99. The van der Waals surface area contributed by atoms with Crippen LogP contribution in [0.15, 0.2) is 0 Å². The highest BCUT2D eigenvalue weighted by Gasteiger charge is 2.61. The van der Waals surface area contributed by atoms with Crippen molar-refractivity contribution in [3.05, 3.63) is 0 Å². The molecule has 2 N–H and O–H groups in total. The molecule has 16 heavy (non-hydrogen) atoms. The van der Waals surface area contributed by atoms with E-state index in [-0.39, 0.29) is 0 Å². The average Bonchev–Trinajstić information content (AvgIpc) is 2.18. The molecule has 0 saturated heterocycles. The number of alkyl halides is 6. The van der Waals surface area contributed by atoms with Crippen LogP contribution in [0.5, 0.6) is 0 Å². The summed E-state index contributed by atoms with van der Waals surface area (Å²) >= 11 is 0. The van der Waals surface area contributed by atoms with E-state index in [1.807, 2.05) is 0 Å². The number of halogens is 6. The van der Waals surface area contributed by atoms with Crippen LogP contribution in [0.1, 0.15) is 25.7 Å². The summed E-state index contributed by atoms with van der Waals surface area (Å²) in [6, 6.07) is 0. The Morgan fingerprint density at radius 2 is 1.50 bits per heavy atom. The predicted molar refractivity (Wildman–Crippen MR) is 45.9 cm³/mol. The fraction of sp³-hybridized carbons (Fsp3) is 1.00. The molecule has 0 atom stereocenters. The lowest BCUT2D eigenvalue weighted by Gasteiger charge is -2.43. The molecule has 0 bridgehead atoms. The van der Waals surface area contributed by atoms with Gasteiger partial charge in [-0.1, -0.05) is 0 Å². The molecular formula is C9H13F6N. The highest BCUT2D eigenvalue weighted by Crippen LogP contribution is 2.53. The van der Waals surface area contributed by atoms with Gasteiger partial charge in [0.2, 0.25) is 5.92 Å². The molecule has 0 amide bonds. The molecule has 96 valence electrons. The summed E-state index contributed by atoms with van der Waals surface area (Å²) in [4.78, 5) is 0. The Kier molecular flexibility index (Phi) is 3.47. The minimum atomic E-state index is -4.31. The second-order valence-corrected chi connectivity index (χ2v) is 4.26. The van der Waals surface area contributed by atoms with Gasteiger partial charge in [-0.3, -0.25) is 0 Å². The molecule has 0 radical (unpaired) electrons. The number of hydrogen-bond acceptors (Lipinski definition) is 1. The van der Waals surface area contributed by atoms with E-state index in [1.54, 1.807) is 0 Å². The Morgan fingerprint density at radius 1 is 1.06 bits per heavy atom. The van der Waals surface area contributed by atoms with Gasteiger partial charge in [0.25, 0.3) is 0 Å². The van der Waals surface area contributed by atoms with Crippen molar-refractivity contribution < 1.29 is 26.3 Å². The average molecular weight is 249 g/mol. The third-order valence-electron chi connectivity index (χ3n) is 3.31. The van der Waals surface area contributed by atoms with Crippen LogP contribution in [0.4, 0.5) is 26.3 Å². The van der Waals surface area contributed by atoms with E-state index >= 15 is 0 Å². The third kappa shape index (κ3) is 2.14. The van der Waals surface area contributed by atoms with Crippen LogP contribution in [0.2, 0.25) is 0 Å². The molecule has 1 saturated carbocycles. The highest BCUT2D eigenvalue weighted by atomic mass is 19.3. The van der Waals surface area contributed by atoms with E-state index in [1.165, 1.54) is 0 Å². The van der Waals surface area contributed by atoms with Crippen molar-refractivity contribution in [1.29, 1.82) is 0 Å². The van der Waals surface area contributed by atoms with Crippen LogP contribution in [0.25, 0.3) is 0 Å². The van der Waals surface area contributed by atoms with E-state index in [2.05, 4.69) is 0 Å². The van der Waals surface area contributed by atoms with E-state index in [4.69, 9.17) is 5.73 Å². The molecular weight excluding hydrogens is 236 g/mol. The first-order valence-electron chi connectivity index (χ1n) is 4.91. The second-order valence-electron chi connectivity index (χ2n) is 4.26. The molecule has 0 aromatic rings. The van der Waals surface area contributed by atoms with Gasteiger partial charge in [0.15, 0.2) is 0 Å². The van der Waals surface area contributed by atoms with Gasteiger partial charge in [-0.2, -0.15) is 8.78 Å². The molecule has 1 fully saturated rings. The Morgan fingerprint density at radius 3 is 1.81 bits per heavy atom. The second kappa shape index (κ2) is 4.09. The van der Waals surface area contributed by atoms with Crippen LogP contribution in [0.3, 0.4) is 0 Å². The van der Waals surface area contributed by atoms with Gasteiger partial charge in [0.1, 0.15) is 0 Å². The minimum Gasteiger partial charge on any atom is -0.330 e. The third-order valence-corrected chi connectivity index (χ3v) is 3.31. The molecule has 1 aliphatic carbocycles. The van der Waals surface area contributed by atoms with Crippen LogP contribution < -0.4 is 5.73 Å². The van der Waals surface area contributed by atoms with E-state index in [0.29, 0.717) is 0 Å². The maximum Gasteiger partial charge on any atom is 0.314 e. The summed E-state index contributed by atoms with van der Waals surface area (Å²) in [6.07, 6.45) is -6.84. The van der Waals surface area contributed by atoms with Crippen LogP contribution in [-0.2, 0) is 0 Å². The summed E-state index contributed by atoms with van der Waals surface area (Å²) in [5.74, 6) is -7.35. The zero-order chi connectivity index (χ0) is 12.6. The smallest absolute Gasteiger partial charge is 0.314 e. The largest absolute Gasteiger partial charge is 0.330 e. The Labute approximate surface area is 89.0 Å². The monoisotopic (exact) mass is 249 g/mol. The first-order chi connectivity index (χ1) is 7.17. The number of rotatable bonds is 3. The van der Waals surface area contributed by atoms with Gasteiger partial charge in [-0.15, -0.1) is 0 Å². The summed E-state index contributed by atoms with van der Waals surface area (Å²) < 4.78 is 76.6. The Hall–Kier alpha value is -0.460. The minimum absolute atomic E-state index is 0.673. The number of hydrogen-bond donors (Lipinski definition) is 1. The maximum atomic E-state index is 13.3. The van der Waals surface area contributed by atoms with Gasteiger partial charge in [-0.05, 0) is 12.8 Å². The van der Waals surface area contributed by atoms with Crippen molar-refractivity contribution in [2.24, 2.45) is 11.1 Å². The van der Waals surface area contributed by atoms with Gasteiger partial charge >= 0.3 is 12.3 Å². The van der Waals surface area contributed by atoms with Crippen LogP contribution in [0, 0.1) is 5.41 Å². The van der Waals surface area contributed by atoms with E-state index in [9.17, 15) is 26.3 Å². The molecule has 1 nitrogen and oxygen atoms in total. The first kappa shape index (κ1) is 13.6. The van der Waals surface area contributed by atoms with E-state index < -0.39 is 55.9 Å².